The van der Waals surface area contributed by atoms with Crippen LogP contribution in [0.15, 0.2) is 36.7 Å². The number of benzene rings is 1. The van der Waals surface area contributed by atoms with Crippen LogP contribution in [-0.4, -0.2) is 38.5 Å². The summed E-state index contributed by atoms with van der Waals surface area (Å²) in [6.45, 7) is 1.84. The lowest BCUT2D eigenvalue weighted by Gasteiger charge is -2.27. The Bertz CT molecular complexity index is 1020. The number of hydrogen-bond acceptors (Lipinski definition) is 4. The highest BCUT2D eigenvalue weighted by Gasteiger charge is 2.27. The molecule has 2 N–H and O–H groups in total. The van der Waals surface area contributed by atoms with E-state index in [1.807, 2.05) is 0 Å². The van der Waals surface area contributed by atoms with Crippen molar-refractivity contribution in [3.05, 3.63) is 42.2 Å². The van der Waals surface area contributed by atoms with Crippen molar-refractivity contribution in [1.82, 2.24) is 14.5 Å². The van der Waals surface area contributed by atoms with Crippen molar-refractivity contribution in [2.45, 2.75) is 63.8 Å². The highest BCUT2D eigenvalue weighted by molar-refractivity contribution is 5.94. The second-order valence-electron chi connectivity index (χ2n) is 8.19. The van der Waals surface area contributed by atoms with Crippen molar-refractivity contribution in [2.24, 2.45) is 0 Å². The summed E-state index contributed by atoms with van der Waals surface area (Å²) in [6.07, 6.45) is 2.41. The average molecular weight is 432 g/mol. The number of nitrogens with one attached hydrogen (secondary N) is 1. The Hall–Kier alpha value is -2.61. The van der Waals surface area contributed by atoms with E-state index in [0.717, 1.165) is 48.6 Å². The van der Waals surface area contributed by atoms with Crippen LogP contribution in [0.3, 0.4) is 0 Å². The molecular weight excluding hydrogens is 405 g/mol. The van der Waals surface area contributed by atoms with Crippen LogP contribution in [0.5, 0.6) is 0 Å². The summed E-state index contributed by atoms with van der Waals surface area (Å²) in [4.78, 5) is 8.85. The van der Waals surface area contributed by atoms with Crippen molar-refractivity contribution < 1.29 is 18.3 Å². The quantitative estimate of drug-likeness (QED) is 0.540. The van der Waals surface area contributed by atoms with E-state index in [9.17, 15) is 18.3 Å². The van der Waals surface area contributed by atoms with Crippen molar-refractivity contribution in [3.63, 3.8) is 0 Å². The monoisotopic (exact) mass is 432 g/mol. The Kier molecular flexibility index (Phi) is 6.18. The van der Waals surface area contributed by atoms with Crippen LogP contribution in [0.4, 0.5) is 19.1 Å². The maximum atomic E-state index is 12.5. The third-order valence-corrected chi connectivity index (χ3v) is 6.00. The number of hydrogen-bond donors (Lipinski definition) is 2. The molecule has 31 heavy (non-hydrogen) atoms. The van der Waals surface area contributed by atoms with Gasteiger partial charge in [-0.15, -0.1) is 0 Å². The topological polar surface area (TPSA) is 63.0 Å². The number of aromatic nitrogens is 3. The highest BCUT2D eigenvalue weighted by atomic mass is 19.4. The zero-order valence-electron chi connectivity index (χ0n) is 17.5. The van der Waals surface area contributed by atoms with Crippen molar-refractivity contribution in [3.8, 4) is 11.1 Å². The molecule has 0 amide bonds. The van der Waals surface area contributed by atoms with E-state index in [1.54, 1.807) is 6.20 Å². The molecule has 5 nitrogen and oxygen atoms in total. The standard InChI is InChI=1S/C23H27F3N4O/c1-2-15-3-5-16(6-4-15)20-14-30(17-7-9-18(31)10-8-17)21-19(20)13-28-22(29-21)27-12-11-23(24,25)26/h3-6,13-14,17-18,31H,2,7-12H2,1H3,(H,27,28,29)/t17-,18-. The average Bonchev–Trinajstić information content (AvgIpc) is 3.12. The van der Waals surface area contributed by atoms with E-state index in [4.69, 9.17) is 0 Å². The molecule has 0 saturated heterocycles. The lowest BCUT2D eigenvalue weighted by molar-refractivity contribution is -0.131. The third kappa shape index (κ3) is 5.01. The van der Waals surface area contributed by atoms with Gasteiger partial charge in [0.25, 0.3) is 0 Å². The molecule has 2 aromatic heterocycles. The number of rotatable bonds is 6. The number of aliphatic hydroxyl groups is 1. The van der Waals surface area contributed by atoms with Crippen molar-refractivity contribution >= 4 is 17.0 Å². The first-order valence-corrected chi connectivity index (χ1v) is 10.8. The fourth-order valence-corrected chi connectivity index (χ4v) is 4.20. The molecule has 0 atom stereocenters. The van der Waals surface area contributed by atoms with Crippen LogP contribution in [-0.2, 0) is 6.42 Å². The predicted molar refractivity (Wildman–Crippen MR) is 115 cm³/mol. The number of fused-ring (bicyclic) bond motifs is 1. The summed E-state index contributed by atoms with van der Waals surface area (Å²) in [7, 11) is 0. The fraction of sp³-hybridized carbons (Fsp3) is 0.478. The maximum Gasteiger partial charge on any atom is 0.390 e. The number of aryl methyl sites for hydroxylation is 1. The molecule has 0 spiro atoms. The van der Waals surface area contributed by atoms with Gasteiger partial charge in [-0.05, 0) is 43.2 Å². The number of halogens is 3. The van der Waals surface area contributed by atoms with Gasteiger partial charge in [-0.2, -0.15) is 18.2 Å². The second kappa shape index (κ2) is 8.86. The van der Waals surface area contributed by atoms with E-state index in [1.165, 1.54) is 5.56 Å². The van der Waals surface area contributed by atoms with E-state index >= 15 is 0 Å². The van der Waals surface area contributed by atoms with E-state index in [2.05, 4.69) is 57.2 Å². The number of nitrogens with zero attached hydrogens (tertiary/aromatic N) is 3. The summed E-state index contributed by atoms with van der Waals surface area (Å²) >= 11 is 0. The van der Waals surface area contributed by atoms with Gasteiger partial charge in [-0.25, -0.2) is 4.98 Å². The van der Waals surface area contributed by atoms with Gasteiger partial charge in [0, 0.05) is 35.9 Å². The lowest BCUT2D eigenvalue weighted by Crippen LogP contribution is -2.21. The molecular formula is C23H27F3N4O. The first-order chi connectivity index (χ1) is 14.8. The van der Waals surface area contributed by atoms with Crippen molar-refractivity contribution in [1.29, 1.82) is 0 Å². The molecule has 1 aromatic carbocycles. The van der Waals surface area contributed by atoms with Gasteiger partial charge in [0.05, 0.1) is 12.5 Å². The van der Waals surface area contributed by atoms with Gasteiger partial charge in [0.15, 0.2) is 0 Å². The van der Waals surface area contributed by atoms with Gasteiger partial charge in [0.1, 0.15) is 5.65 Å². The number of aliphatic hydroxyl groups excluding tert-OH is 1. The van der Waals surface area contributed by atoms with Crippen LogP contribution >= 0.6 is 0 Å². The normalized spacial score (nSPS) is 19.6. The van der Waals surface area contributed by atoms with Gasteiger partial charge in [-0.1, -0.05) is 31.2 Å². The molecule has 1 aliphatic carbocycles. The summed E-state index contributed by atoms with van der Waals surface area (Å²) in [5, 5.41) is 13.5. The Morgan fingerprint density at radius 1 is 1.13 bits per heavy atom. The Balaban J connectivity index is 1.70. The molecule has 0 bridgehead atoms. The number of anilines is 1. The molecule has 0 unspecified atom stereocenters. The molecule has 8 heteroatoms. The smallest absolute Gasteiger partial charge is 0.390 e. The Labute approximate surface area is 179 Å². The maximum absolute atomic E-state index is 12.5. The van der Waals surface area contributed by atoms with Crippen LogP contribution in [0.25, 0.3) is 22.2 Å². The molecule has 166 valence electrons. The van der Waals surface area contributed by atoms with E-state index in [0.29, 0.717) is 5.65 Å². The van der Waals surface area contributed by atoms with Gasteiger partial charge >= 0.3 is 6.18 Å². The zero-order chi connectivity index (χ0) is 22.0. The second-order valence-corrected chi connectivity index (χ2v) is 8.19. The van der Waals surface area contributed by atoms with E-state index < -0.39 is 12.6 Å². The summed E-state index contributed by atoms with van der Waals surface area (Å²) in [5.41, 5.74) is 4.02. The number of alkyl halides is 3. The summed E-state index contributed by atoms with van der Waals surface area (Å²) < 4.78 is 39.6. The van der Waals surface area contributed by atoms with Crippen LogP contribution in [0.1, 0.15) is 50.6 Å². The molecule has 0 aliphatic heterocycles. The largest absolute Gasteiger partial charge is 0.393 e. The van der Waals surface area contributed by atoms with Gasteiger partial charge in [0.2, 0.25) is 5.95 Å². The Morgan fingerprint density at radius 3 is 2.48 bits per heavy atom. The first kappa shape index (κ1) is 21.6. The minimum absolute atomic E-state index is 0.187. The molecule has 1 saturated carbocycles. The highest BCUT2D eigenvalue weighted by Crippen LogP contribution is 2.36. The fourth-order valence-electron chi connectivity index (χ4n) is 4.20. The van der Waals surface area contributed by atoms with Crippen LogP contribution < -0.4 is 5.32 Å². The molecule has 1 fully saturated rings. The van der Waals surface area contributed by atoms with Crippen LogP contribution in [0.2, 0.25) is 0 Å². The summed E-state index contributed by atoms with van der Waals surface area (Å²) in [6, 6.07) is 8.55. The van der Waals surface area contributed by atoms with Crippen molar-refractivity contribution in [2.75, 3.05) is 11.9 Å². The predicted octanol–water partition coefficient (Wildman–Crippen LogP) is 5.50. The zero-order valence-corrected chi connectivity index (χ0v) is 17.5. The van der Waals surface area contributed by atoms with Crippen LogP contribution in [0, 0.1) is 0 Å². The van der Waals surface area contributed by atoms with E-state index in [-0.39, 0.29) is 24.6 Å². The first-order valence-electron chi connectivity index (χ1n) is 10.8. The molecule has 3 aromatic rings. The summed E-state index contributed by atoms with van der Waals surface area (Å²) in [5.74, 6) is 0.194. The third-order valence-electron chi connectivity index (χ3n) is 6.00. The molecule has 2 heterocycles. The minimum atomic E-state index is -4.22. The minimum Gasteiger partial charge on any atom is -0.393 e. The van der Waals surface area contributed by atoms with Gasteiger partial charge < -0.3 is 15.0 Å². The molecule has 1 aliphatic rings. The lowest BCUT2D eigenvalue weighted by atomic mass is 9.93. The molecule has 4 rings (SSSR count). The van der Waals surface area contributed by atoms with Gasteiger partial charge in [-0.3, -0.25) is 0 Å². The SMILES string of the molecule is CCc1ccc(-c2cn([C@H]3CC[C@H](O)CC3)c3nc(NCCC(F)(F)F)ncc23)cc1. The molecule has 0 radical (unpaired) electrons. The Morgan fingerprint density at radius 2 is 1.84 bits per heavy atom.